The van der Waals surface area contributed by atoms with E-state index in [-0.39, 0.29) is 12.0 Å². The van der Waals surface area contributed by atoms with E-state index in [1.807, 2.05) is 25.2 Å². The van der Waals surface area contributed by atoms with E-state index in [4.69, 9.17) is 5.11 Å². The second-order valence-electron chi connectivity index (χ2n) is 4.25. The van der Waals surface area contributed by atoms with Crippen molar-refractivity contribution in [2.24, 2.45) is 5.92 Å². The van der Waals surface area contributed by atoms with E-state index in [9.17, 15) is 4.79 Å². The second kappa shape index (κ2) is 4.55. The minimum atomic E-state index is -0.677. The van der Waals surface area contributed by atoms with Crippen molar-refractivity contribution in [2.75, 3.05) is 7.05 Å². The predicted octanol–water partition coefficient (Wildman–Crippen LogP) is 2.35. The van der Waals surface area contributed by atoms with Crippen molar-refractivity contribution < 1.29 is 9.90 Å². The van der Waals surface area contributed by atoms with Crippen molar-refractivity contribution in [3.05, 3.63) is 34.3 Å². The Bertz CT molecular complexity index is 408. The highest BCUT2D eigenvalue weighted by Gasteiger charge is 2.45. The molecule has 1 saturated carbocycles. The van der Waals surface area contributed by atoms with Crippen LogP contribution in [0.2, 0.25) is 0 Å². The summed E-state index contributed by atoms with van der Waals surface area (Å²) in [6, 6.07) is 8.23. The molecular formula is C12H14BrNO2. The van der Waals surface area contributed by atoms with E-state index in [1.165, 1.54) is 5.56 Å². The van der Waals surface area contributed by atoms with Crippen LogP contribution in [0.25, 0.3) is 0 Å². The van der Waals surface area contributed by atoms with Gasteiger partial charge < -0.3 is 5.11 Å². The van der Waals surface area contributed by atoms with Gasteiger partial charge in [-0.05, 0) is 25.1 Å². The maximum absolute atomic E-state index is 10.8. The lowest BCUT2D eigenvalue weighted by Crippen LogP contribution is -2.23. The molecule has 1 aliphatic carbocycles. The Hall–Kier alpha value is -0.870. The first-order chi connectivity index (χ1) is 7.59. The van der Waals surface area contributed by atoms with Crippen LogP contribution >= 0.6 is 15.9 Å². The van der Waals surface area contributed by atoms with Crippen LogP contribution in [0.4, 0.5) is 0 Å². The van der Waals surface area contributed by atoms with Crippen molar-refractivity contribution in [3.8, 4) is 0 Å². The summed E-state index contributed by atoms with van der Waals surface area (Å²) in [6.07, 6.45) is 0.774. The van der Waals surface area contributed by atoms with Crippen LogP contribution in [0, 0.1) is 5.92 Å². The van der Waals surface area contributed by atoms with E-state index >= 15 is 0 Å². The third-order valence-corrected chi connectivity index (χ3v) is 3.79. The maximum atomic E-state index is 10.8. The summed E-state index contributed by atoms with van der Waals surface area (Å²) >= 11 is 3.50. The van der Waals surface area contributed by atoms with Gasteiger partial charge in [-0.2, -0.15) is 0 Å². The predicted molar refractivity (Wildman–Crippen MR) is 65.1 cm³/mol. The highest BCUT2D eigenvalue weighted by Crippen LogP contribution is 2.36. The van der Waals surface area contributed by atoms with E-state index in [0.717, 1.165) is 17.4 Å². The van der Waals surface area contributed by atoms with Crippen LogP contribution in [-0.4, -0.2) is 29.1 Å². The molecule has 0 amide bonds. The molecule has 0 spiro atoms. The van der Waals surface area contributed by atoms with Crippen LogP contribution in [0.3, 0.4) is 0 Å². The zero-order valence-corrected chi connectivity index (χ0v) is 10.6. The molecule has 86 valence electrons. The zero-order chi connectivity index (χ0) is 11.7. The van der Waals surface area contributed by atoms with Gasteiger partial charge in [-0.25, -0.2) is 0 Å². The van der Waals surface area contributed by atoms with Gasteiger partial charge >= 0.3 is 5.97 Å². The highest BCUT2D eigenvalue weighted by molar-refractivity contribution is 9.10. The molecule has 1 N–H and O–H groups in total. The van der Waals surface area contributed by atoms with Crippen molar-refractivity contribution >= 4 is 21.9 Å². The van der Waals surface area contributed by atoms with Crippen molar-refractivity contribution in [3.63, 3.8) is 0 Å². The zero-order valence-electron chi connectivity index (χ0n) is 9.06. The molecule has 0 aromatic heterocycles. The summed E-state index contributed by atoms with van der Waals surface area (Å²) in [5, 5.41) is 8.86. The minimum absolute atomic E-state index is 0.174. The van der Waals surface area contributed by atoms with Gasteiger partial charge in [0, 0.05) is 17.1 Å². The number of halogens is 1. The number of aliphatic carboxylic acids is 1. The average molecular weight is 284 g/mol. The molecule has 0 radical (unpaired) electrons. The van der Waals surface area contributed by atoms with Crippen LogP contribution in [0.1, 0.15) is 12.0 Å². The molecule has 0 heterocycles. The van der Waals surface area contributed by atoms with Crippen LogP contribution in [-0.2, 0) is 11.3 Å². The number of carboxylic acid groups (broad SMARTS) is 1. The fourth-order valence-electron chi connectivity index (χ4n) is 1.95. The first-order valence-electron chi connectivity index (χ1n) is 5.26. The molecule has 3 nitrogen and oxygen atoms in total. The molecule has 2 atom stereocenters. The molecule has 1 fully saturated rings. The van der Waals surface area contributed by atoms with Crippen LogP contribution in [0.15, 0.2) is 28.7 Å². The molecular weight excluding hydrogens is 270 g/mol. The van der Waals surface area contributed by atoms with Crippen molar-refractivity contribution in [1.29, 1.82) is 0 Å². The minimum Gasteiger partial charge on any atom is -0.481 e. The maximum Gasteiger partial charge on any atom is 0.308 e. The van der Waals surface area contributed by atoms with Gasteiger partial charge in [-0.15, -0.1) is 0 Å². The fraction of sp³-hybridized carbons (Fsp3) is 0.417. The molecule has 2 unspecified atom stereocenters. The van der Waals surface area contributed by atoms with Crippen LogP contribution in [0.5, 0.6) is 0 Å². The molecule has 0 aliphatic heterocycles. The molecule has 4 heteroatoms. The van der Waals surface area contributed by atoms with E-state index in [2.05, 4.69) is 26.9 Å². The highest BCUT2D eigenvalue weighted by atomic mass is 79.9. The normalized spacial score (nSPS) is 23.4. The first-order valence-corrected chi connectivity index (χ1v) is 6.05. The topological polar surface area (TPSA) is 40.5 Å². The van der Waals surface area contributed by atoms with Crippen molar-refractivity contribution in [1.82, 2.24) is 4.90 Å². The Morgan fingerprint density at radius 1 is 1.56 bits per heavy atom. The third-order valence-electron chi connectivity index (χ3n) is 3.02. The number of carbonyl (C=O) groups is 1. The summed E-state index contributed by atoms with van der Waals surface area (Å²) in [5.41, 5.74) is 1.20. The van der Waals surface area contributed by atoms with Gasteiger partial charge in [0.2, 0.25) is 0 Å². The van der Waals surface area contributed by atoms with Gasteiger partial charge in [0.1, 0.15) is 0 Å². The lowest BCUT2D eigenvalue weighted by Gasteiger charge is -2.17. The number of hydrogen-bond acceptors (Lipinski definition) is 2. The summed E-state index contributed by atoms with van der Waals surface area (Å²) in [6.45, 7) is 0.788. The number of benzene rings is 1. The Balaban J connectivity index is 1.96. The Labute approximate surface area is 103 Å². The summed E-state index contributed by atoms with van der Waals surface area (Å²) in [4.78, 5) is 12.9. The lowest BCUT2D eigenvalue weighted by atomic mass is 10.2. The van der Waals surface area contributed by atoms with E-state index in [1.54, 1.807) is 0 Å². The Kier molecular flexibility index (Phi) is 3.30. The Morgan fingerprint density at radius 2 is 2.25 bits per heavy atom. The smallest absolute Gasteiger partial charge is 0.308 e. The number of carboxylic acids is 1. The Morgan fingerprint density at radius 3 is 2.81 bits per heavy atom. The molecule has 0 saturated heterocycles. The number of hydrogen-bond donors (Lipinski definition) is 1. The van der Waals surface area contributed by atoms with Gasteiger partial charge in [-0.1, -0.05) is 34.1 Å². The lowest BCUT2D eigenvalue weighted by molar-refractivity contribution is -0.138. The SMILES string of the molecule is CN(Cc1ccccc1Br)C1CC1C(=O)O. The first kappa shape index (κ1) is 11.6. The average Bonchev–Trinajstić information content (AvgIpc) is 3.01. The molecule has 1 aromatic carbocycles. The summed E-state index contributed by atoms with van der Waals surface area (Å²) in [5.74, 6) is -0.850. The quantitative estimate of drug-likeness (QED) is 0.922. The van der Waals surface area contributed by atoms with E-state index in [0.29, 0.717) is 0 Å². The monoisotopic (exact) mass is 283 g/mol. The van der Waals surface area contributed by atoms with Gasteiger partial charge in [-0.3, -0.25) is 9.69 Å². The molecule has 0 bridgehead atoms. The second-order valence-corrected chi connectivity index (χ2v) is 5.11. The van der Waals surface area contributed by atoms with Crippen molar-refractivity contribution in [2.45, 2.75) is 19.0 Å². The van der Waals surface area contributed by atoms with E-state index < -0.39 is 5.97 Å². The molecule has 2 rings (SSSR count). The number of nitrogens with zero attached hydrogens (tertiary/aromatic N) is 1. The fourth-order valence-corrected chi connectivity index (χ4v) is 2.36. The molecule has 1 aromatic rings. The summed E-state index contributed by atoms with van der Waals surface area (Å²) in [7, 11) is 1.98. The third kappa shape index (κ3) is 2.44. The van der Waals surface area contributed by atoms with Crippen LogP contribution < -0.4 is 0 Å². The summed E-state index contributed by atoms with van der Waals surface area (Å²) < 4.78 is 1.08. The standard InChI is InChI=1S/C12H14BrNO2/c1-14(11-6-9(11)12(15)16)7-8-4-2-3-5-10(8)13/h2-5,9,11H,6-7H2,1H3,(H,15,16). The number of rotatable bonds is 4. The largest absolute Gasteiger partial charge is 0.481 e. The van der Waals surface area contributed by atoms with Gasteiger partial charge in [0.25, 0.3) is 0 Å². The molecule has 1 aliphatic rings. The van der Waals surface area contributed by atoms with Gasteiger partial charge in [0.05, 0.1) is 5.92 Å². The molecule has 16 heavy (non-hydrogen) atoms. The van der Waals surface area contributed by atoms with Gasteiger partial charge in [0.15, 0.2) is 0 Å².